The molecule has 2 heterocycles. The second kappa shape index (κ2) is 3.24. The molecule has 0 radical (unpaired) electrons. The maximum Gasteiger partial charge on any atom is 0.329 e. The lowest BCUT2D eigenvalue weighted by Gasteiger charge is -1.97. The van der Waals surface area contributed by atoms with Crippen molar-refractivity contribution in [1.82, 2.24) is 19.1 Å². The Kier molecular flexibility index (Phi) is 2.03. The maximum atomic E-state index is 11.5. The molecule has 9 nitrogen and oxygen atoms in total. The third-order valence-corrected chi connectivity index (χ3v) is 2.25. The monoisotopic (exact) mass is 221 g/mol. The van der Waals surface area contributed by atoms with Gasteiger partial charge in [0.05, 0.1) is 0 Å². The highest BCUT2D eigenvalue weighted by Crippen LogP contribution is 2.15. The minimum Gasteiger partial charge on any atom is -0.320 e. The van der Waals surface area contributed by atoms with Gasteiger partial charge < -0.3 is 4.57 Å². The van der Waals surface area contributed by atoms with Gasteiger partial charge in [-0.05, 0) is 10.6 Å². The van der Waals surface area contributed by atoms with Gasteiger partial charge in [-0.3, -0.25) is 14.3 Å². The molecular weight excluding hydrogens is 214 g/mol. The van der Waals surface area contributed by atoms with E-state index in [-0.39, 0.29) is 17.1 Å². The molecular formula is C7H7N7O2. The zero-order valence-corrected chi connectivity index (χ0v) is 8.50. The Hall–Kier alpha value is -2.54. The van der Waals surface area contributed by atoms with E-state index >= 15 is 0 Å². The molecule has 1 N–H and O–H groups in total. The largest absolute Gasteiger partial charge is 0.329 e. The van der Waals surface area contributed by atoms with Crippen LogP contribution < -0.4 is 11.2 Å². The quantitative estimate of drug-likeness (QED) is 0.411. The summed E-state index contributed by atoms with van der Waals surface area (Å²) in [6.07, 6.45) is 0. The van der Waals surface area contributed by atoms with E-state index in [1.54, 1.807) is 0 Å². The Labute approximate surface area is 87.6 Å². The minimum atomic E-state index is -0.567. The Morgan fingerprint density at radius 3 is 2.69 bits per heavy atom. The topological polar surface area (TPSA) is 121 Å². The molecule has 0 aliphatic carbocycles. The van der Waals surface area contributed by atoms with Crippen LogP contribution in [0.3, 0.4) is 0 Å². The number of azide groups is 1. The normalized spacial score (nSPS) is 10.4. The van der Waals surface area contributed by atoms with Gasteiger partial charge in [0, 0.05) is 19.0 Å². The fourth-order valence-electron chi connectivity index (χ4n) is 1.43. The Balaban J connectivity index is 3.08. The van der Waals surface area contributed by atoms with Crippen LogP contribution in [0.2, 0.25) is 0 Å². The fourth-order valence-corrected chi connectivity index (χ4v) is 1.43. The molecule has 2 aromatic heterocycles. The summed E-state index contributed by atoms with van der Waals surface area (Å²) in [6.45, 7) is 0. The first-order valence-corrected chi connectivity index (χ1v) is 4.27. The predicted octanol–water partition coefficient (Wildman–Crippen LogP) is -0.0979. The average Bonchev–Trinajstić information content (AvgIpc) is 2.55. The van der Waals surface area contributed by atoms with Crippen LogP contribution in [0, 0.1) is 0 Å². The van der Waals surface area contributed by atoms with Gasteiger partial charge in [-0.2, -0.15) is 0 Å². The third kappa shape index (κ3) is 1.19. The molecule has 0 spiro atoms. The molecule has 82 valence electrons. The highest BCUT2D eigenvalue weighted by Gasteiger charge is 2.13. The van der Waals surface area contributed by atoms with Crippen molar-refractivity contribution in [2.45, 2.75) is 0 Å². The number of aromatic nitrogens is 4. The molecule has 0 aromatic carbocycles. The molecule has 0 aliphatic rings. The van der Waals surface area contributed by atoms with E-state index in [0.29, 0.717) is 0 Å². The maximum absolute atomic E-state index is 11.5. The molecule has 0 fully saturated rings. The summed E-state index contributed by atoms with van der Waals surface area (Å²) >= 11 is 0. The number of nitrogens with one attached hydrogen (secondary N) is 1. The predicted molar refractivity (Wildman–Crippen MR) is 55.4 cm³/mol. The van der Waals surface area contributed by atoms with Crippen LogP contribution in [-0.2, 0) is 14.1 Å². The Morgan fingerprint density at radius 2 is 2.06 bits per heavy atom. The van der Waals surface area contributed by atoms with E-state index in [2.05, 4.69) is 20.0 Å². The van der Waals surface area contributed by atoms with Crippen molar-refractivity contribution in [3.05, 3.63) is 31.3 Å². The van der Waals surface area contributed by atoms with Crippen molar-refractivity contribution < 1.29 is 0 Å². The number of H-pyrrole nitrogens is 1. The lowest BCUT2D eigenvalue weighted by atomic mass is 10.5. The fraction of sp³-hybridized carbons (Fsp3) is 0.286. The van der Waals surface area contributed by atoms with Gasteiger partial charge in [0.15, 0.2) is 17.1 Å². The number of hydrogen-bond donors (Lipinski definition) is 1. The lowest BCUT2D eigenvalue weighted by molar-refractivity contribution is 0.829. The number of aryl methyl sites for hydroxylation is 2. The lowest BCUT2D eigenvalue weighted by Crippen LogP contribution is -2.29. The number of fused-ring (bicyclic) bond motifs is 1. The van der Waals surface area contributed by atoms with E-state index in [1.165, 1.54) is 23.2 Å². The van der Waals surface area contributed by atoms with Crippen LogP contribution in [0.5, 0.6) is 0 Å². The molecule has 2 aromatic rings. The van der Waals surface area contributed by atoms with Gasteiger partial charge in [0.1, 0.15) is 0 Å². The summed E-state index contributed by atoms with van der Waals surface area (Å²) < 4.78 is 2.50. The van der Waals surface area contributed by atoms with Crippen molar-refractivity contribution in [2.24, 2.45) is 19.2 Å². The van der Waals surface area contributed by atoms with Crippen molar-refractivity contribution >= 4 is 17.1 Å². The van der Waals surface area contributed by atoms with Gasteiger partial charge in [-0.15, -0.1) is 0 Å². The van der Waals surface area contributed by atoms with Crippen LogP contribution in [-0.4, -0.2) is 19.1 Å². The molecule has 0 amide bonds. The molecule has 0 saturated heterocycles. The van der Waals surface area contributed by atoms with E-state index in [4.69, 9.17) is 5.53 Å². The number of nitrogens with zero attached hydrogens (tertiary/aromatic N) is 6. The molecule has 0 unspecified atom stereocenters. The van der Waals surface area contributed by atoms with Crippen molar-refractivity contribution in [3.63, 3.8) is 0 Å². The molecule has 9 heteroatoms. The second-order valence-corrected chi connectivity index (χ2v) is 3.15. The number of aromatic amines is 1. The standard InChI is InChI=1S/C7H7N7O2/c1-13-3-4(9-6(13)11-12-8)14(2)7(16)10-5(3)15/h1-2H3,(H,10,15,16). The van der Waals surface area contributed by atoms with Gasteiger partial charge in [-0.1, -0.05) is 0 Å². The van der Waals surface area contributed by atoms with Crippen molar-refractivity contribution in [3.8, 4) is 0 Å². The zero-order valence-electron chi connectivity index (χ0n) is 8.50. The number of imidazole rings is 1. The van der Waals surface area contributed by atoms with E-state index in [9.17, 15) is 9.59 Å². The SMILES string of the molecule is Cn1c(N=[N+]=[N-])nc2c1c(=O)[nH]c(=O)n2C. The summed E-state index contributed by atoms with van der Waals surface area (Å²) in [7, 11) is 2.99. The highest BCUT2D eigenvalue weighted by atomic mass is 16.2. The summed E-state index contributed by atoms with van der Waals surface area (Å²) in [4.78, 5) is 31.4. The van der Waals surface area contributed by atoms with Gasteiger partial charge in [0.2, 0.25) is 0 Å². The van der Waals surface area contributed by atoms with Gasteiger partial charge in [-0.25, -0.2) is 9.78 Å². The van der Waals surface area contributed by atoms with Crippen molar-refractivity contribution in [2.75, 3.05) is 0 Å². The minimum absolute atomic E-state index is 0.0317. The molecule has 0 aliphatic heterocycles. The van der Waals surface area contributed by atoms with Crippen LogP contribution in [0.4, 0.5) is 5.95 Å². The smallest absolute Gasteiger partial charge is 0.320 e. The molecule has 2 rings (SSSR count). The van der Waals surface area contributed by atoms with Crippen LogP contribution >= 0.6 is 0 Å². The van der Waals surface area contributed by atoms with E-state index in [0.717, 1.165) is 0 Å². The summed E-state index contributed by atoms with van der Waals surface area (Å²) in [5.74, 6) is 0.0317. The first-order chi connectivity index (χ1) is 7.56. The summed E-state index contributed by atoms with van der Waals surface area (Å²) in [6, 6.07) is 0. The van der Waals surface area contributed by atoms with E-state index in [1.807, 2.05) is 0 Å². The van der Waals surface area contributed by atoms with Gasteiger partial charge >= 0.3 is 5.69 Å². The summed E-state index contributed by atoms with van der Waals surface area (Å²) in [5, 5.41) is 3.32. The Bertz CT molecular complexity index is 727. The molecule has 16 heavy (non-hydrogen) atoms. The number of hydrogen-bond acceptors (Lipinski definition) is 4. The molecule has 0 atom stereocenters. The molecule has 0 bridgehead atoms. The second-order valence-electron chi connectivity index (χ2n) is 3.15. The van der Waals surface area contributed by atoms with Crippen LogP contribution in [0.25, 0.3) is 21.6 Å². The average molecular weight is 221 g/mol. The number of rotatable bonds is 1. The Morgan fingerprint density at radius 1 is 1.38 bits per heavy atom. The van der Waals surface area contributed by atoms with Crippen LogP contribution in [0.15, 0.2) is 14.7 Å². The van der Waals surface area contributed by atoms with E-state index < -0.39 is 11.2 Å². The summed E-state index contributed by atoms with van der Waals surface area (Å²) in [5.41, 5.74) is 7.55. The first-order valence-electron chi connectivity index (χ1n) is 4.27. The first kappa shape index (κ1) is 9.99. The highest BCUT2D eigenvalue weighted by molar-refractivity contribution is 5.73. The van der Waals surface area contributed by atoms with Crippen LogP contribution in [0.1, 0.15) is 0 Å². The third-order valence-electron chi connectivity index (χ3n) is 2.25. The molecule has 0 saturated carbocycles. The van der Waals surface area contributed by atoms with Gasteiger partial charge in [0.25, 0.3) is 5.56 Å². The van der Waals surface area contributed by atoms with Crippen molar-refractivity contribution in [1.29, 1.82) is 0 Å². The zero-order chi connectivity index (χ0) is 11.9.